The molecule has 0 aromatic heterocycles. The summed E-state index contributed by atoms with van der Waals surface area (Å²) in [6.07, 6.45) is -0.292. The highest BCUT2D eigenvalue weighted by Gasteiger charge is 2.33. The van der Waals surface area contributed by atoms with Gasteiger partial charge in [-0.15, -0.1) is 0 Å². The molecule has 1 heterocycles. The molecule has 1 saturated heterocycles. The molecule has 0 bridgehead atoms. The van der Waals surface area contributed by atoms with Crippen LogP contribution in [0, 0.1) is 17.5 Å². The van der Waals surface area contributed by atoms with Crippen molar-refractivity contribution in [2.75, 3.05) is 26.3 Å². The summed E-state index contributed by atoms with van der Waals surface area (Å²) in [4.78, 5) is 25.9. The van der Waals surface area contributed by atoms with Crippen LogP contribution < -0.4 is 11.1 Å². The van der Waals surface area contributed by atoms with Gasteiger partial charge in [-0.2, -0.15) is 0 Å². The average Bonchev–Trinajstić information content (AvgIpc) is 2.58. The Hall–Kier alpha value is -2.13. The summed E-state index contributed by atoms with van der Waals surface area (Å²) >= 11 is 0. The molecule has 3 N–H and O–H groups in total. The molecule has 2 rings (SSSR count). The van der Waals surface area contributed by atoms with E-state index in [0.717, 1.165) is 6.07 Å². The minimum absolute atomic E-state index is 0.0705. The minimum Gasteiger partial charge on any atom is -0.379 e. The maximum atomic E-state index is 13.7. The number of benzene rings is 1. The average molecular weight is 373 g/mol. The molecule has 1 aliphatic heterocycles. The largest absolute Gasteiger partial charge is 0.379 e. The van der Waals surface area contributed by atoms with E-state index in [1.807, 2.05) is 0 Å². The summed E-state index contributed by atoms with van der Waals surface area (Å²) < 4.78 is 45.2. The zero-order valence-corrected chi connectivity index (χ0v) is 14.4. The molecule has 0 saturated carbocycles. The zero-order valence-electron chi connectivity index (χ0n) is 14.4. The first-order chi connectivity index (χ1) is 12.3. The molecule has 9 heteroatoms. The third kappa shape index (κ3) is 4.95. The van der Waals surface area contributed by atoms with Crippen molar-refractivity contribution in [3.05, 3.63) is 35.1 Å². The van der Waals surface area contributed by atoms with E-state index in [1.54, 1.807) is 6.92 Å². The van der Waals surface area contributed by atoms with E-state index in [4.69, 9.17) is 10.5 Å². The van der Waals surface area contributed by atoms with Crippen molar-refractivity contribution in [3.8, 4) is 0 Å². The quantitative estimate of drug-likeness (QED) is 0.690. The lowest BCUT2D eigenvalue weighted by atomic mass is 10.0. The lowest BCUT2D eigenvalue weighted by Gasteiger charge is -2.35. The van der Waals surface area contributed by atoms with Gasteiger partial charge >= 0.3 is 0 Å². The standard InChI is InChI=1S/C17H22F3N3O3/c1-2-26-9-15-17(25)22-3-4-23(15)16(24)7-11(21)5-10-6-13(19)14(20)8-12(10)18/h6,8,11,15H,2-5,7,9,21H2,1H3,(H,22,25)/t11-,15-/m1/s1. The maximum Gasteiger partial charge on any atom is 0.245 e. The number of amides is 2. The second-order valence-electron chi connectivity index (χ2n) is 6.08. The number of hydrogen-bond acceptors (Lipinski definition) is 4. The van der Waals surface area contributed by atoms with Gasteiger partial charge < -0.3 is 20.7 Å². The van der Waals surface area contributed by atoms with Crippen LogP contribution in [0.2, 0.25) is 0 Å². The normalized spacial score (nSPS) is 18.6. The Morgan fingerprint density at radius 2 is 2.04 bits per heavy atom. The van der Waals surface area contributed by atoms with Crippen LogP contribution in [0.3, 0.4) is 0 Å². The molecule has 26 heavy (non-hydrogen) atoms. The van der Waals surface area contributed by atoms with Gasteiger partial charge in [0.25, 0.3) is 0 Å². The van der Waals surface area contributed by atoms with Crippen molar-refractivity contribution in [1.82, 2.24) is 10.2 Å². The fraction of sp³-hybridized carbons (Fsp3) is 0.529. The van der Waals surface area contributed by atoms with E-state index in [0.29, 0.717) is 25.8 Å². The van der Waals surface area contributed by atoms with Crippen molar-refractivity contribution in [2.24, 2.45) is 5.73 Å². The van der Waals surface area contributed by atoms with Crippen LogP contribution in [0.15, 0.2) is 12.1 Å². The third-order valence-electron chi connectivity index (χ3n) is 4.14. The summed E-state index contributed by atoms with van der Waals surface area (Å²) in [5.41, 5.74) is 5.78. The molecule has 1 aromatic carbocycles. The molecular formula is C17H22F3N3O3. The molecule has 6 nitrogen and oxygen atoms in total. The van der Waals surface area contributed by atoms with Gasteiger partial charge in [-0.25, -0.2) is 13.2 Å². The van der Waals surface area contributed by atoms with Gasteiger partial charge in [-0.3, -0.25) is 9.59 Å². The van der Waals surface area contributed by atoms with Gasteiger partial charge in [0.15, 0.2) is 11.6 Å². The number of carbonyl (C=O) groups excluding carboxylic acids is 2. The number of rotatable bonds is 7. The number of piperazine rings is 1. The van der Waals surface area contributed by atoms with Crippen LogP contribution in [0.1, 0.15) is 18.9 Å². The molecule has 144 valence electrons. The van der Waals surface area contributed by atoms with Crippen molar-refractivity contribution >= 4 is 11.8 Å². The molecule has 1 aromatic rings. The second kappa shape index (κ2) is 9.00. The van der Waals surface area contributed by atoms with Gasteiger partial charge in [0, 0.05) is 38.2 Å². The Kier molecular flexibility index (Phi) is 6.98. The van der Waals surface area contributed by atoms with Crippen molar-refractivity contribution in [1.29, 1.82) is 0 Å². The van der Waals surface area contributed by atoms with Gasteiger partial charge in [-0.05, 0) is 25.0 Å². The van der Waals surface area contributed by atoms with Crippen molar-refractivity contribution in [2.45, 2.75) is 31.8 Å². The predicted molar refractivity (Wildman–Crippen MR) is 87.6 cm³/mol. The van der Waals surface area contributed by atoms with Crippen LogP contribution in [0.5, 0.6) is 0 Å². The van der Waals surface area contributed by atoms with Gasteiger partial charge in [0.05, 0.1) is 6.61 Å². The smallest absolute Gasteiger partial charge is 0.245 e. The van der Waals surface area contributed by atoms with Crippen LogP contribution in [-0.2, 0) is 20.7 Å². The summed E-state index contributed by atoms with van der Waals surface area (Å²) in [5.74, 6) is -4.06. The van der Waals surface area contributed by atoms with E-state index in [-0.39, 0.29) is 36.8 Å². The Morgan fingerprint density at radius 1 is 1.35 bits per heavy atom. The number of nitrogens with one attached hydrogen (secondary N) is 1. The van der Waals surface area contributed by atoms with Crippen molar-refractivity contribution < 1.29 is 27.5 Å². The number of hydrogen-bond donors (Lipinski definition) is 2. The Morgan fingerprint density at radius 3 is 2.73 bits per heavy atom. The maximum absolute atomic E-state index is 13.7. The first-order valence-electron chi connectivity index (χ1n) is 8.37. The summed E-state index contributed by atoms with van der Waals surface area (Å²) in [6, 6.07) is -0.365. The topological polar surface area (TPSA) is 84.7 Å². The molecule has 2 atom stereocenters. The number of nitrogens with two attached hydrogens (primary N) is 1. The molecular weight excluding hydrogens is 351 g/mol. The SMILES string of the molecule is CCOC[C@@H]1C(=O)NCCN1C(=O)C[C@H](N)Cc1cc(F)c(F)cc1F. The lowest BCUT2D eigenvalue weighted by Crippen LogP contribution is -2.59. The Labute approximate surface area is 149 Å². The second-order valence-corrected chi connectivity index (χ2v) is 6.08. The fourth-order valence-electron chi connectivity index (χ4n) is 2.82. The lowest BCUT2D eigenvalue weighted by molar-refractivity contribution is -0.146. The number of ether oxygens (including phenoxy) is 1. The van der Waals surface area contributed by atoms with Gasteiger partial charge in [-0.1, -0.05) is 0 Å². The van der Waals surface area contributed by atoms with Crippen LogP contribution >= 0.6 is 0 Å². The highest BCUT2D eigenvalue weighted by molar-refractivity contribution is 5.89. The van der Waals surface area contributed by atoms with Crippen LogP contribution in [0.25, 0.3) is 0 Å². The summed E-state index contributed by atoms with van der Waals surface area (Å²) in [7, 11) is 0. The zero-order chi connectivity index (χ0) is 19.3. The molecule has 0 radical (unpaired) electrons. The third-order valence-corrected chi connectivity index (χ3v) is 4.14. The minimum atomic E-state index is -1.28. The molecule has 1 aliphatic rings. The summed E-state index contributed by atoms with van der Waals surface area (Å²) in [6.45, 7) is 2.88. The van der Waals surface area contributed by atoms with Gasteiger partial charge in [0.2, 0.25) is 11.8 Å². The van der Waals surface area contributed by atoms with E-state index >= 15 is 0 Å². The van der Waals surface area contributed by atoms with E-state index in [9.17, 15) is 22.8 Å². The number of nitrogens with zero attached hydrogens (tertiary/aromatic N) is 1. The summed E-state index contributed by atoms with van der Waals surface area (Å²) in [5, 5.41) is 2.67. The van der Waals surface area contributed by atoms with Gasteiger partial charge in [0.1, 0.15) is 11.9 Å². The van der Waals surface area contributed by atoms with E-state index in [1.165, 1.54) is 4.90 Å². The Bertz CT molecular complexity index is 672. The molecule has 2 amide bonds. The monoisotopic (exact) mass is 373 g/mol. The number of halogens is 3. The fourth-order valence-corrected chi connectivity index (χ4v) is 2.82. The van der Waals surface area contributed by atoms with E-state index < -0.39 is 29.5 Å². The van der Waals surface area contributed by atoms with Crippen molar-refractivity contribution in [3.63, 3.8) is 0 Å². The first kappa shape index (κ1) is 20.2. The first-order valence-corrected chi connectivity index (χ1v) is 8.37. The predicted octanol–water partition coefficient (Wildman–Crippen LogP) is 0.727. The van der Waals surface area contributed by atoms with Crippen LogP contribution in [0.4, 0.5) is 13.2 Å². The Balaban J connectivity index is 2.01. The van der Waals surface area contributed by atoms with Crippen LogP contribution in [-0.4, -0.2) is 55.1 Å². The highest BCUT2D eigenvalue weighted by atomic mass is 19.2. The highest BCUT2D eigenvalue weighted by Crippen LogP contribution is 2.17. The molecule has 0 spiro atoms. The number of carbonyl (C=O) groups is 2. The molecule has 1 fully saturated rings. The van der Waals surface area contributed by atoms with E-state index in [2.05, 4.69) is 5.32 Å². The molecule has 0 aliphatic carbocycles. The molecule has 0 unspecified atom stereocenters.